The lowest BCUT2D eigenvalue weighted by atomic mass is 10.1. The molecular weight excluding hydrogens is 470 g/mol. The zero-order valence-electron chi connectivity index (χ0n) is 20.6. The molecule has 0 spiro atoms. The van der Waals surface area contributed by atoms with Crippen molar-refractivity contribution in [3.63, 3.8) is 0 Å². The van der Waals surface area contributed by atoms with Crippen molar-refractivity contribution in [3.05, 3.63) is 101 Å². The Hall–Kier alpha value is -4.17. The molecule has 36 heavy (non-hydrogen) atoms. The van der Waals surface area contributed by atoms with Crippen LogP contribution in [0.4, 0.5) is 17.3 Å². The second-order valence-corrected chi connectivity index (χ2v) is 10.6. The van der Waals surface area contributed by atoms with E-state index in [9.17, 15) is 8.42 Å². The normalized spacial score (nSPS) is 11.6. The molecule has 0 aliphatic heterocycles. The molecule has 0 amide bonds. The van der Waals surface area contributed by atoms with E-state index in [1.165, 1.54) is 5.56 Å². The number of hydrogen-bond donors (Lipinski definition) is 2. The Morgan fingerprint density at radius 1 is 0.778 bits per heavy atom. The van der Waals surface area contributed by atoms with Crippen LogP contribution in [0.3, 0.4) is 0 Å². The second kappa shape index (κ2) is 9.13. The fourth-order valence-corrected chi connectivity index (χ4v) is 5.98. The summed E-state index contributed by atoms with van der Waals surface area (Å²) >= 11 is 0. The smallest absolute Gasteiger partial charge is 0.262 e. The third-order valence-electron chi connectivity index (χ3n) is 5.99. The van der Waals surface area contributed by atoms with Gasteiger partial charge in [0.25, 0.3) is 10.0 Å². The number of nitrogens with zero attached hydrogens (tertiary/aromatic N) is 3. The predicted octanol–water partition coefficient (Wildman–Crippen LogP) is 6.17. The van der Waals surface area contributed by atoms with E-state index in [1.807, 2.05) is 94.6 Å². The van der Waals surface area contributed by atoms with E-state index < -0.39 is 10.0 Å². The number of sulfonamides is 1. The highest BCUT2D eigenvalue weighted by Gasteiger charge is 2.20. The Labute approximate surface area is 210 Å². The van der Waals surface area contributed by atoms with Crippen molar-refractivity contribution in [2.24, 2.45) is 0 Å². The van der Waals surface area contributed by atoms with Gasteiger partial charge in [-0.3, -0.25) is 4.72 Å². The van der Waals surface area contributed by atoms with Gasteiger partial charge >= 0.3 is 0 Å². The lowest BCUT2D eigenvalue weighted by molar-refractivity contribution is 0.600. The number of fused-ring (bicyclic) bond motifs is 1. The van der Waals surface area contributed by atoms with Crippen LogP contribution in [0.2, 0.25) is 0 Å². The fourth-order valence-electron chi connectivity index (χ4n) is 4.47. The molecule has 0 atom stereocenters. The molecule has 5 rings (SSSR count). The highest BCUT2D eigenvalue weighted by Crippen LogP contribution is 2.28. The van der Waals surface area contributed by atoms with Crippen LogP contribution in [0, 0.1) is 27.7 Å². The van der Waals surface area contributed by atoms with Gasteiger partial charge in [0.05, 0.1) is 4.90 Å². The maximum Gasteiger partial charge on any atom is 0.262 e. The van der Waals surface area contributed by atoms with Gasteiger partial charge in [-0.2, -0.15) is 4.98 Å². The predicted molar refractivity (Wildman–Crippen MR) is 144 cm³/mol. The average Bonchev–Trinajstić information content (AvgIpc) is 3.22. The van der Waals surface area contributed by atoms with Crippen molar-refractivity contribution in [1.82, 2.24) is 14.6 Å². The van der Waals surface area contributed by atoms with Gasteiger partial charge in [0.15, 0.2) is 5.65 Å². The van der Waals surface area contributed by atoms with Crippen LogP contribution in [0.1, 0.15) is 22.3 Å². The fraction of sp³-hybridized carbons (Fsp3) is 0.143. The molecule has 3 aromatic carbocycles. The minimum absolute atomic E-state index is 0.319. The SMILES string of the molecule is Cc1ccc(Nc2nc3c(-c4ccc(NS(=O)(=O)c5c(C)cc(C)cc5C)cc4)cccn3n2)cc1. The summed E-state index contributed by atoms with van der Waals surface area (Å²) < 4.78 is 30.7. The van der Waals surface area contributed by atoms with Crippen molar-refractivity contribution >= 4 is 33.0 Å². The summed E-state index contributed by atoms with van der Waals surface area (Å²) in [6.45, 7) is 7.64. The summed E-state index contributed by atoms with van der Waals surface area (Å²) in [6, 6.07) is 23.0. The van der Waals surface area contributed by atoms with Crippen LogP contribution in [0.15, 0.2) is 83.9 Å². The number of benzene rings is 3. The molecule has 5 aromatic rings. The highest BCUT2D eigenvalue weighted by atomic mass is 32.2. The molecule has 2 N–H and O–H groups in total. The van der Waals surface area contributed by atoms with E-state index in [0.29, 0.717) is 22.2 Å². The molecule has 0 fully saturated rings. The first-order valence-corrected chi connectivity index (χ1v) is 13.1. The first-order chi connectivity index (χ1) is 17.2. The molecule has 0 saturated heterocycles. The maximum atomic E-state index is 13.1. The van der Waals surface area contributed by atoms with E-state index in [4.69, 9.17) is 0 Å². The lowest BCUT2D eigenvalue weighted by Crippen LogP contribution is -2.15. The van der Waals surface area contributed by atoms with Crippen LogP contribution in [-0.4, -0.2) is 23.0 Å². The van der Waals surface area contributed by atoms with E-state index in [-0.39, 0.29) is 0 Å². The summed E-state index contributed by atoms with van der Waals surface area (Å²) in [7, 11) is -3.72. The molecule has 0 bridgehead atoms. The molecular formula is C28H27N5O2S. The lowest BCUT2D eigenvalue weighted by Gasteiger charge is -2.14. The summed E-state index contributed by atoms with van der Waals surface area (Å²) in [4.78, 5) is 5.00. The Kier molecular flexibility index (Phi) is 5.97. The van der Waals surface area contributed by atoms with Crippen molar-refractivity contribution in [1.29, 1.82) is 0 Å². The molecule has 0 saturated carbocycles. The Balaban J connectivity index is 1.41. The van der Waals surface area contributed by atoms with Gasteiger partial charge in [0.1, 0.15) is 0 Å². The zero-order valence-corrected chi connectivity index (χ0v) is 21.4. The van der Waals surface area contributed by atoms with Gasteiger partial charge in [-0.1, -0.05) is 47.5 Å². The molecule has 8 heteroatoms. The van der Waals surface area contributed by atoms with Crippen molar-refractivity contribution in [2.75, 3.05) is 10.0 Å². The van der Waals surface area contributed by atoms with Crippen molar-refractivity contribution in [2.45, 2.75) is 32.6 Å². The second-order valence-electron chi connectivity index (χ2n) is 9.03. The Bertz CT molecular complexity index is 1650. The van der Waals surface area contributed by atoms with Crippen LogP contribution in [0.25, 0.3) is 16.8 Å². The largest absolute Gasteiger partial charge is 0.323 e. The number of nitrogens with one attached hydrogen (secondary N) is 2. The monoisotopic (exact) mass is 497 g/mol. The molecule has 7 nitrogen and oxygen atoms in total. The number of aryl methyl sites for hydroxylation is 4. The van der Waals surface area contributed by atoms with Crippen molar-refractivity contribution in [3.8, 4) is 11.1 Å². The summed E-state index contributed by atoms with van der Waals surface area (Å²) in [5.41, 5.74) is 7.57. The molecule has 0 radical (unpaired) electrons. The van der Waals surface area contributed by atoms with Gasteiger partial charge < -0.3 is 5.32 Å². The summed E-state index contributed by atoms with van der Waals surface area (Å²) in [5.74, 6) is 0.500. The zero-order chi connectivity index (χ0) is 25.4. The molecule has 0 aliphatic carbocycles. The first-order valence-electron chi connectivity index (χ1n) is 11.6. The minimum atomic E-state index is -3.72. The molecule has 182 valence electrons. The van der Waals surface area contributed by atoms with E-state index in [2.05, 4.69) is 20.1 Å². The quantitative estimate of drug-likeness (QED) is 0.293. The molecule has 2 heterocycles. The molecule has 0 unspecified atom stereocenters. The Morgan fingerprint density at radius 3 is 2.08 bits per heavy atom. The van der Waals surface area contributed by atoms with Gasteiger partial charge in [-0.05, 0) is 80.8 Å². The number of anilines is 3. The van der Waals surface area contributed by atoms with Crippen LogP contribution < -0.4 is 10.0 Å². The van der Waals surface area contributed by atoms with E-state index in [0.717, 1.165) is 33.5 Å². The van der Waals surface area contributed by atoms with Gasteiger partial charge in [-0.25, -0.2) is 12.9 Å². The topological polar surface area (TPSA) is 88.4 Å². The number of pyridine rings is 1. The van der Waals surface area contributed by atoms with Crippen LogP contribution in [0.5, 0.6) is 0 Å². The van der Waals surface area contributed by atoms with Crippen molar-refractivity contribution < 1.29 is 8.42 Å². The highest BCUT2D eigenvalue weighted by molar-refractivity contribution is 7.92. The number of hydrogen-bond acceptors (Lipinski definition) is 5. The minimum Gasteiger partial charge on any atom is -0.323 e. The van der Waals surface area contributed by atoms with Gasteiger partial charge in [-0.15, -0.1) is 5.10 Å². The van der Waals surface area contributed by atoms with E-state index >= 15 is 0 Å². The van der Waals surface area contributed by atoms with Crippen LogP contribution in [-0.2, 0) is 10.0 Å². The standard InChI is InChI=1S/C28H27N5O2S/c1-18-7-11-23(12-8-18)29-28-30-27-25(6-5-15-33(27)31-28)22-9-13-24(14-10-22)32-36(34,35)26-20(3)16-19(2)17-21(26)4/h5-17,32H,1-4H3,(H,29,31). The van der Waals surface area contributed by atoms with Crippen LogP contribution >= 0.6 is 0 Å². The molecule has 0 aliphatic rings. The van der Waals surface area contributed by atoms with Gasteiger partial charge in [0.2, 0.25) is 5.95 Å². The Morgan fingerprint density at radius 2 is 1.42 bits per heavy atom. The van der Waals surface area contributed by atoms with Gasteiger partial charge in [0, 0.05) is 23.1 Å². The maximum absolute atomic E-state index is 13.1. The third kappa shape index (κ3) is 4.67. The third-order valence-corrected chi connectivity index (χ3v) is 7.68. The number of aromatic nitrogens is 3. The summed E-state index contributed by atoms with van der Waals surface area (Å²) in [5, 5.41) is 7.78. The first kappa shape index (κ1) is 23.6. The average molecular weight is 498 g/mol. The molecule has 2 aromatic heterocycles. The number of rotatable bonds is 6. The summed E-state index contributed by atoms with van der Waals surface area (Å²) in [6.07, 6.45) is 1.85. The van der Waals surface area contributed by atoms with E-state index in [1.54, 1.807) is 16.6 Å².